The van der Waals surface area contributed by atoms with Crippen molar-refractivity contribution in [3.8, 4) is 22.3 Å². The average Bonchev–Trinajstić information content (AvgIpc) is 2.82. The second-order valence-corrected chi connectivity index (χ2v) is 6.52. The number of rotatable bonds is 1. The Morgan fingerprint density at radius 2 is 1.36 bits per heavy atom. The summed E-state index contributed by atoms with van der Waals surface area (Å²) in [6.45, 7) is 0. The van der Waals surface area contributed by atoms with Gasteiger partial charge in [0.2, 0.25) is 0 Å². The lowest BCUT2D eigenvalue weighted by molar-refractivity contribution is 0.104. The molecule has 0 N–H and O–H groups in total. The van der Waals surface area contributed by atoms with Gasteiger partial charge in [-0.3, -0.25) is 4.79 Å². The van der Waals surface area contributed by atoms with Crippen molar-refractivity contribution in [2.75, 3.05) is 0 Å². The molecule has 22 heavy (non-hydrogen) atoms. The molecule has 3 aromatic carbocycles. The van der Waals surface area contributed by atoms with Gasteiger partial charge >= 0.3 is 0 Å². The summed E-state index contributed by atoms with van der Waals surface area (Å²) in [4.78, 5) is 12.8. The highest BCUT2D eigenvalue weighted by atomic mass is 79.9. The maximum Gasteiger partial charge on any atom is 0.194 e. The van der Waals surface area contributed by atoms with Crippen LogP contribution in [-0.4, -0.2) is 5.78 Å². The Kier molecular flexibility index (Phi) is 3.17. The van der Waals surface area contributed by atoms with Gasteiger partial charge in [-0.1, -0.05) is 76.1 Å². The summed E-state index contributed by atoms with van der Waals surface area (Å²) >= 11 is 9.58. The average molecular weight is 370 g/mol. The number of benzene rings is 3. The number of ketones is 1. The lowest BCUT2D eigenvalue weighted by Crippen LogP contribution is -1.98. The van der Waals surface area contributed by atoms with Gasteiger partial charge in [-0.25, -0.2) is 0 Å². The van der Waals surface area contributed by atoms with Crippen LogP contribution in [0, 0.1) is 0 Å². The van der Waals surface area contributed by atoms with Crippen LogP contribution in [0.15, 0.2) is 65.1 Å². The molecule has 1 aliphatic rings. The molecule has 0 aromatic heterocycles. The topological polar surface area (TPSA) is 17.1 Å². The largest absolute Gasteiger partial charge is 0.289 e. The predicted molar refractivity (Wildman–Crippen MR) is 93.5 cm³/mol. The quantitative estimate of drug-likeness (QED) is 0.403. The van der Waals surface area contributed by atoms with Gasteiger partial charge in [-0.15, -0.1) is 0 Å². The first-order valence-corrected chi connectivity index (χ1v) is 8.06. The Balaban J connectivity index is 2.01. The van der Waals surface area contributed by atoms with E-state index in [9.17, 15) is 4.79 Å². The number of hydrogen-bond donors (Lipinski definition) is 0. The summed E-state index contributed by atoms with van der Waals surface area (Å²) < 4.78 is 0.886. The second-order valence-electron chi connectivity index (χ2n) is 5.23. The van der Waals surface area contributed by atoms with E-state index in [0.29, 0.717) is 5.02 Å². The van der Waals surface area contributed by atoms with E-state index in [4.69, 9.17) is 11.6 Å². The van der Waals surface area contributed by atoms with Gasteiger partial charge in [-0.05, 0) is 34.4 Å². The van der Waals surface area contributed by atoms with Crippen LogP contribution in [0.5, 0.6) is 0 Å². The van der Waals surface area contributed by atoms with Crippen LogP contribution < -0.4 is 0 Å². The van der Waals surface area contributed by atoms with Crippen molar-refractivity contribution in [2.24, 2.45) is 0 Å². The van der Waals surface area contributed by atoms with E-state index in [1.54, 1.807) is 0 Å². The maximum absolute atomic E-state index is 12.8. The normalized spacial score (nSPS) is 12.2. The van der Waals surface area contributed by atoms with Gasteiger partial charge < -0.3 is 0 Å². The third-order valence-electron chi connectivity index (χ3n) is 3.97. The zero-order valence-corrected chi connectivity index (χ0v) is 13.8. The summed E-state index contributed by atoms with van der Waals surface area (Å²) in [7, 11) is 0. The first-order valence-electron chi connectivity index (χ1n) is 6.89. The van der Waals surface area contributed by atoms with Crippen LogP contribution in [0.25, 0.3) is 22.3 Å². The van der Waals surface area contributed by atoms with Crippen LogP contribution in [0.3, 0.4) is 0 Å². The highest BCUT2D eigenvalue weighted by Crippen LogP contribution is 2.43. The van der Waals surface area contributed by atoms with Crippen LogP contribution in [0.2, 0.25) is 5.02 Å². The van der Waals surface area contributed by atoms with Gasteiger partial charge in [0.15, 0.2) is 5.78 Å². The Bertz CT molecular complexity index is 930. The van der Waals surface area contributed by atoms with Gasteiger partial charge in [0.25, 0.3) is 0 Å². The number of hydrogen-bond acceptors (Lipinski definition) is 1. The maximum atomic E-state index is 12.8. The van der Waals surface area contributed by atoms with Crippen molar-refractivity contribution in [2.45, 2.75) is 0 Å². The van der Waals surface area contributed by atoms with Crippen LogP contribution >= 0.6 is 27.5 Å². The Hall–Kier alpha value is -1.90. The molecule has 0 unspecified atom stereocenters. The van der Waals surface area contributed by atoms with Crippen LogP contribution in [0.4, 0.5) is 0 Å². The second kappa shape index (κ2) is 5.08. The van der Waals surface area contributed by atoms with E-state index in [1.165, 1.54) is 0 Å². The number of carbonyl (C=O) groups is 1. The zero-order chi connectivity index (χ0) is 15.3. The van der Waals surface area contributed by atoms with Gasteiger partial charge in [0, 0.05) is 20.6 Å². The van der Waals surface area contributed by atoms with E-state index in [0.717, 1.165) is 37.9 Å². The molecule has 0 saturated heterocycles. The molecule has 4 rings (SSSR count). The third kappa shape index (κ3) is 1.95. The van der Waals surface area contributed by atoms with E-state index in [2.05, 4.69) is 15.9 Å². The van der Waals surface area contributed by atoms with E-state index in [-0.39, 0.29) is 5.78 Å². The minimum Gasteiger partial charge on any atom is -0.289 e. The molecule has 3 heteroatoms. The highest BCUT2D eigenvalue weighted by molar-refractivity contribution is 9.10. The Morgan fingerprint density at radius 1 is 0.727 bits per heavy atom. The first kappa shape index (κ1) is 13.7. The summed E-state index contributed by atoms with van der Waals surface area (Å²) in [6, 6.07) is 19.4. The molecule has 1 aliphatic carbocycles. The monoisotopic (exact) mass is 368 g/mol. The summed E-state index contributed by atoms with van der Waals surface area (Å²) in [6.07, 6.45) is 0. The fourth-order valence-electron chi connectivity index (χ4n) is 3.00. The molecule has 0 fully saturated rings. The predicted octanol–water partition coefficient (Wildman–Crippen LogP) is 5.98. The minimum atomic E-state index is 0.0862. The zero-order valence-electron chi connectivity index (χ0n) is 11.4. The van der Waals surface area contributed by atoms with Crippen LogP contribution in [0.1, 0.15) is 15.9 Å². The lowest BCUT2D eigenvalue weighted by atomic mass is 9.95. The molecule has 106 valence electrons. The Labute approximate surface area is 141 Å². The first-order chi connectivity index (χ1) is 10.7. The molecule has 0 amide bonds. The molecule has 0 bridgehead atoms. The molecular formula is C19H10BrClO. The van der Waals surface area contributed by atoms with Gasteiger partial charge in [0.1, 0.15) is 0 Å². The molecule has 0 heterocycles. The molecule has 0 aliphatic heterocycles. The SMILES string of the molecule is O=C1c2ccccc2-c2cccc(-c3ccc(Cl)cc3Br)c21. The Morgan fingerprint density at radius 3 is 2.09 bits per heavy atom. The highest BCUT2D eigenvalue weighted by Gasteiger charge is 2.29. The summed E-state index contributed by atoms with van der Waals surface area (Å²) in [5, 5.41) is 0.665. The van der Waals surface area contributed by atoms with E-state index in [1.807, 2.05) is 60.7 Å². The van der Waals surface area contributed by atoms with Crippen molar-refractivity contribution in [3.63, 3.8) is 0 Å². The standard InChI is InChI=1S/C19H10BrClO/c20-17-10-11(21)8-9-13(17)15-7-3-6-14-12-4-1-2-5-16(12)19(22)18(14)15/h1-10H. The molecule has 0 saturated carbocycles. The van der Waals surface area contributed by atoms with Crippen molar-refractivity contribution in [1.29, 1.82) is 0 Å². The molecule has 1 nitrogen and oxygen atoms in total. The van der Waals surface area contributed by atoms with E-state index >= 15 is 0 Å². The van der Waals surface area contributed by atoms with Crippen molar-refractivity contribution in [3.05, 3.63) is 81.3 Å². The van der Waals surface area contributed by atoms with Gasteiger partial charge in [0.05, 0.1) is 0 Å². The third-order valence-corrected chi connectivity index (χ3v) is 4.87. The molecule has 0 radical (unpaired) electrons. The van der Waals surface area contributed by atoms with E-state index < -0.39 is 0 Å². The summed E-state index contributed by atoms with van der Waals surface area (Å²) in [5.41, 5.74) is 5.46. The number of halogens is 2. The minimum absolute atomic E-state index is 0.0862. The number of carbonyl (C=O) groups excluding carboxylic acids is 1. The van der Waals surface area contributed by atoms with Crippen LogP contribution in [-0.2, 0) is 0 Å². The fraction of sp³-hybridized carbons (Fsp3) is 0. The summed E-state index contributed by atoms with van der Waals surface area (Å²) in [5.74, 6) is 0.0862. The van der Waals surface area contributed by atoms with Crippen molar-refractivity contribution in [1.82, 2.24) is 0 Å². The van der Waals surface area contributed by atoms with Crippen molar-refractivity contribution >= 4 is 33.3 Å². The molecule has 0 atom stereocenters. The lowest BCUT2D eigenvalue weighted by Gasteiger charge is -2.10. The smallest absolute Gasteiger partial charge is 0.194 e. The molecular weight excluding hydrogens is 360 g/mol. The molecule has 3 aromatic rings. The van der Waals surface area contributed by atoms with Gasteiger partial charge in [-0.2, -0.15) is 0 Å². The molecule has 0 spiro atoms. The number of fused-ring (bicyclic) bond motifs is 3. The fourth-order valence-corrected chi connectivity index (χ4v) is 3.90. The van der Waals surface area contributed by atoms with Crippen molar-refractivity contribution < 1.29 is 4.79 Å².